The van der Waals surface area contributed by atoms with E-state index in [4.69, 9.17) is 5.73 Å². The van der Waals surface area contributed by atoms with E-state index in [1.807, 2.05) is 0 Å². The number of carboxylic acid groups (broad SMARTS) is 1. The Morgan fingerprint density at radius 3 is 2.05 bits per heavy atom. The van der Waals surface area contributed by atoms with Gasteiger partial charge < -0.3 is 25.8 Å². The van der Waals surface area contributed by atoms with Crippen molar-refractivity contribution in [1.29, 1.82) is 0 Å². The molecule has 0 aliphatic heterocycles. The number of amides is 2. The van der Waals surface area contributed by atoms with Crippen molar-refractivity contribution in [2.75, 3.05) is 5.32 Å². The topological polar surface area (TPSA) is 122 Å². The number of ketones is 1. The molecule has 0 heterocycles. The molecule has 4 rings (SSSR count). The fraction of sp³-hybridized carbons (Fsp3) is 0.545. The molecule has 2 aromatic rings. The van der Waals surface area contributed by atoms with Gasteiger partial charge in [-0.25, -0.2) is 4.79 Å². The summed E-state index contributed by atoms with van der Waals surface area (Å²) in [5.74, 6) is -1.40. The second-order valence-electron chi connectivity index (χ2n) is 13.2. The van der Waals surface area contributed by atoms with Crippen molar-refractivity contribution in [2.24, 2.45) is 28.9 Å². The second-order valence-corrected chi connectivity index (χ2v) is 13.2. The molecule has 4 N–H and O–H groups in total. The molecule has 0 bridgehead atoms. The summed E-state index contributed by atoms with van der Waals surface area (Å²) in [5.41, 5.74) is 7.54. The van der Waals surface area contributed by atoms with E-state index in [1.165, 1.54) is 12.1 Å². The first-order valence-electron chi connectivity index (χ1n) is 15.2. The zero-order valence-corrected chi connectivity index (χ0v) is 25.4. The summed E-state index contributed by atoms with van der Waals surface area (Å²) in [6.07, 6.45) is 0.605. The number of ether oxygens (including phenoxy) is 1. The van der Waals surface area contributed by atoms with Gasteiger partial charge in [-0.15, -0.1) is 13.2 Å². The van der Waals surface area contributed by atoms with Crippen molar-refractivity contribution in [2.45, 2.75) is 90.7 Å². The van der Waals surface area contributed by atoms with Crippen molar-refractivity contribution in [3.63, 3.8) is 0 Å². The Morgan fingerprint density at radius 1 is 0.955 bits per heavy atom. The van der Waals surface area contributed by atoms with Gasteiger partial charge in [-0.3, -0.25) is 9.59 Å². The first kappa shape index (κ1) is 33.3. The van der Waals surface area contributed by atoms with Crippen LogP contribution in [0.15, 0.2) is 48.5 Å². The number of hydrogen-bond acceptors (Lipinski definition) is 5. The number of anilines is 1. The molecule has 0 aromatic heterocycles. The molecule has 2 aliphatic carbocycles. The lowest BCUT2D eigenvalue weighted by Crippen LogP contribution is -2.45. The SMILES string of the molecule is CC(C)(C)C1CCC(N(Cc2ccc(C(=O)C(CC(N)C(=O)O)C3CC3)cc2)C(=O)Nc2ccc(OC(F)(F)F)cc2)CC1. The molecular weight excluding hydrogens is 575 g/mol. The number of carboxylic acids is 1. The van der Waals surface area contributed by atoms with Crippen LogP contribution in [0.25, 0.3) is 0 Å². The zero-order valence-electron chi connectivity index (χ0n) is 25.4. The fourth-order valence-corrected chi connectivity index (χ4v) is 6.13. The van der Waals surface area contributed by atoms with Crippen LogP contribution in [-0.2, 0) is 11.3 Å². The van der Waals surface area contributed by atoms with E-state index in [1.54, 1.807) is 29.2 Å². The zero-order chi connectivity index (χ0) is 32.2. The highest BCUT2D eigenvalue weighted by Gasteiger charge is 2.39. The third-order valence-corrected chi connectivity index (χ3v) is 8.91. The molecule has 2 amide bonds. The van der Waals surface area contributed by atoms with Crippen LogP contribution in [0, 0.1) is 23.2 Å². The minimum atomic E-state index is -4.81. The normalized spacial score (nSPS) is 20.3. The number of carbonyl (C=O) groups is 3. The van der Waals surface area contributed by atoms with Crippen LogP contribution in [0.1, 0.15) is 81.6 Å². The van der Waals surface area contributed by atoms with Gasteiger partial charge in [-0.2, -0.15) is 0 Å². The van der Waals surface area contributed by atoms with Gasteiger partial charge in [-0.1, -0.05) is 45.0 Å². The van der Waals surface area contributed by atoms with E-state index in [0.717, 1.165) is 56.2 Å². The van der Waals surface area contributed by atoms with E-state index in [9.17, 15) is 32.7 Å². The lowest BCUT2D eigenvalue weighted by molar-refractivity contribution is -0.274. The molecule has 11 heteroatoms. The first-order chi connectivity index (χ1) is 20.6. The summed E-state index contributed by atoms with van der Waals surface area (Å²) in [6.45, 7) is 6.94. The average Bonchev–Trinajstić information content (AvgIpc) is 3.80. The molecule has 0 saturated heterocycles. The highest BCUT2D eigenvalue weighted by Crippen LogP contribution is 2.41. The van der Waals surface area contributed by atoms with Crippen LogP contribution < -0.4 is 15.8 Å². The van der Waals surface area contributed by atoms with Crippen LogP contribution in [0.2, 0.25) is 0 Å². The molecule has 8 nitrogen and oxygen atoms in total. The van der Waals surface area contributed by atoms with Gasteiger partial charge >= 0.3 is 18.4 Å². The molecule has 2 saturated carbocycles. The van der Waals surface area contributed by atoms with Crippen molar-refractivity contribution in [3.05, 3.63) is 59.7 Å². The number of nitrogens with two attached hydrogens (primary N) is 1. The summed E-state index contributed by atoms with van der Waals surface area (Å²) in [4.78, 5) is 40.0. The van der Waals surface area contributed by atoms with Crippen molar-refractivity contribution < 1.29 is 37.4 Å². The van der Waals surface area contributed by atoms with Gasteiger partial charge in [0.1, 0.15) is 11.8 Å². The number of halogens is 3. The van der Waals surface area contributed by atoms with Crippen LogP contribution >= 0.6 is 0 Å². The second kappa shape index (κ2) is 13.6. The first-order valence-corrected chi connectivity index (χ1v) is 15.2. The lowest BCUT2D eigenvalue weighted by atomic mass is 9.71. The van der Waals surface area contributed by atoms with Crippen molar-refractivity contribution in [3.8, 4) is 5.75 Å². The Bertz CT molecular complexity index is 1300. The van der Waals surface area contributed by atoms with E-state index in [-0.39, 0.29) is 47.9 Å². The Labute approximate surface area is 256 Å². The van der Waals surface area contributed by atoms with E-state index < -0.39 is 24.3 Å². The van der Waals surface area contributed by atoms with Gasteiger partial charge in [0.15, 0.2) is 5.78 Å². The monoisotopic (exact) mass is 617 g/mol. The maximum absolute atomic E-state index is 13.6. The van der Waals surface area contributed by atoms with Gasteiger partial charge in [0.05, 0.1) is 0 Å². The number of rotatable bonds is 11. The molecule has 2 unspecified atom stereocenters. The Hall–Kier alpha value is -3.60. The van der Waals surface area contributed by atoms with Gasteiger partial charge in [-0.05, 0) is 92.0 Å². The Kier molecular flexibility index (Phi) is 10.3. The van der Waals surface area contributed by atoms with Crippen LogP contribution in [-0.4, -0.2) is 46.2 Å². The predicted octanol–water partition coefficient (Wildman–Crippen LogP) is 7.24. The number of nitrogens with zero attached hydrogens (tertiary/aromatic N) is 1. The van der Waals surface area contributed by atoms with Gasteiger partial charge in [0, 0.05) is 29.8 Å². The van der Waals surface area contributed by atoms with Crippen LogP contribution in [0.3, 0.4) is 0 Å². The van der Waals surface area contributed by atoms with Crippen molar-refractivity contribution in [1.82, 2.24) is 4.90 Å². The van der Waals surface area contributed by atoms with E-state index >= 15 is 0 Å². The number of Topliss-reactive ketones (excluding diaryl/α,β-unsaturated/α-hetero) is 1. The largest absolute Gasteiger partial charge is 0.573 e. The van der Waals surface area contributed by atoms with Crippen LogP contribution in [0.4, 0.5) is 23.7 Å². The highest BCUT2D eigenvalue weighted by atomic mass is 19.4. The molecule has 0 spiro atoms. The average molecular weight is 618 g/mol. The smallest absolute Gasteiger partial charge is 0.480 e. The Morgan fingerprint density at radius 2 is 1.55 bits per heavy atom. The summed E-state index contributed by atoms with van der Waals surface area (Å²) >= 11 is 0. The van der Waals surface area contributed by atoms with Gasteiger partial charge in [0.25, 0.3) is 0 Å². The molecule has 240 valence electrons. The molecule has 0 radical (unpaired) electrons. The standard InChI is InChI=1S/C33H42F3N3O5/c1-32(2,3)23-10-14-25(15-11-23)39(31(43)38-24-12-16-26(17-13-24)44-33(34,35)36)19-20-4-6-22(7-5-20)29(40)27(21-8-9-21)18-28(37)30(41)42/h4-7,12-13,16-17,21,23,25,27-28H,8-11,14-15,18-19,37H2,1-3H3,(H,38,43)(H,41,42). The number of hydrogen-bond donors (Lipinski definition) is 3. The number of benzene rings is 2. The fourth-order valence-electron chi connectivity index (χ4n) is 6.13. The lowest BCUT2D eigenvalue weighted by Gasteiger charge is -2.41. The van der Waals surface area contributed by atoms with E-state index in [0.29, 0.717) is 17.2 Å². The molecule has 44 heavy (non-hydrogen) atoms. The molecule has 2 atom stereocenters. The Balaban J connectivity index is 1.48. The predicted molar refractivity (Wildman–Crippen MR) is 160 cm³/mol. The summed E-state index contributed by atoms with van der Waals surface area (Å²) < 4.78 is 41.6. The summed E-state index contributed by atoms with van der Waals surface area (Å²) in [7, 11) is 0. The minimum absolute atomic E-state index is 0.0421. The van der Waals surface area contributed by atoms with E-state index in [2.05, 4.69) is 30.8 Å². The van der Waals surface area contributed by atoms with Crippen molar-refractivity contribution >= 4 is 23.5 Å². The maximum Gasteiger partial charge on any atom is 0.573 e. The number of urea groups is 1. The summed E-state index contributed by atoms with van der Waals surface area (Å²) in [5, 5.41) is 12.1. The highest BCUT2D eigenvalue weighted by molar-refractivity contribution is 5.98. The number of aliphatic carboxylic acids is 1. The number of alkyl halides is 3. The van der Waals surface area contributed by atoms with Gasteiger partial charge in [0.2, 0.25) is 0 Å². The molecular formula is C33H42F3N3O5. The minimum Gasteiger partial charge on any atom is -0.480 e. The molecule has 2 aliphatic rings. The third kappa shape index (κ3) is 9.20. The number of carbonyl (C=O) groups excluding carboxylic acids is 2. The summed E-state index contributed by atoms with van der Waals surface area (Å²) in [6, 6.07) is 10.5. The molecule has 2 fully saturated rings. The number of nitrogens with one attached hydrogen (secondary N) is 1. The maximum atomic E-state index is 13.6. The quantitative estimate of drug-likeness (QED) is 0.229. The van der Waals surface area contributed by atoms with Crippen LogP contribution in [0.5, 0.6) is 5.75 Å². The molecule has 2 aromatic carbocycles. The third-order valence-electron chi connectivity index (χ3n) is 8.91.